The van der Waals surface area contributed by atoms with Crippen molar-refractivity contribution in [2.24, 2.45) is 0 Å². The fourth-order valence-corrected chi connectivity index (χ4v) is 6.67. The van der Waals surface area contributed by atoms with E-state index >= 15 is 0 Å². The molecule has 252 valence electrons. The molecule has 5 aromatic rings. The van der Waals surface area contributed by atoms with E-state index in [0.29, 0.717) is 31.0 Å². The van der Waals surface area contributed by atoms with Crippen LogP contribution in [0, 0.1) is 0 Å². The van der Waals surface area contributed by atoms with Crippen LogP contribution in [0.15, 0.2) is 114 Å². The van der Waals surface area contributed by atoms with Crippen LogP contribution in [0.4, 0.5) is 5.69 Å². The Balaban J connectivity index is 1.27. The summed E-state index contributed by atoms with van der Waals surface area (Å²) in [5, 5.41) is 18.4. The van der Waals surface area contributed by atoms with Gasteiger partial charge in [-0.3, -0.25) is 4.79 Å². The van der Waals surface area contributed by atoms with Gasteiger partial charge in [-0.15, -0.1) is 0 Å². The number of fused-ring (bicyclic) bond motifs is 1. The number of aromatic amines is 1. The highest BCUT2D eigenvalue weighted by Gasteiger charge is 2.39. The highest BCUT2D eigenvalue weighted by Crippen LogP contribution is 2.41. The molecule has 1 aromatic heterocycles. The van der Waals surface area contributed by atoms with Crippen molar-refractivity contribution in [1.82, 2.24) is 10.3 Å². The molecule has 0 radical (unpaired) electrons. The molecule has 0 spiro atoms. The highest BCUT2D eigenvalue weighted by molar-refractivity contribution is 6.74. The maximum atomic E-state index is 12.5. The van der Waals surface area contributed by atoms with Crippen LogP contribution >= 0.6 is 0 Å². The number of hydrogen-bond acceptors (Lipinski definition) is 6. The number of H-pyrrole nitrogens is 1. The molecule has 8 heteroatoms. The van der Waals surface area contributed by atoms with Crippen molar-refractivity contribution in [3.63, 3.8) is 0 Å². The first-order valence-electron chi connectivity index (χ1n) is 16.8. The molecule has 0 bridgehead atoms. The summed E-state index contributed by atoms with van der Waals surface area (Å²) in [6.45, 7) is 13.6. The van der Waals surface area contributed by atoms with E-state index in [2.05, 4.69) is 79.8 Å². The number of anilines is 1. The van der Waals surface area contributed by atoms with Crippen LogP contribution in [0.1, 0.15) is 55.2 Å². The highest BCUT2D eigenvalue weighted by atomic mass is 28.4. The van der Waals surface area contributed by atoms with Gasteiger partial charge in [-0.1, -0.05) is 99.6 Å². The Morgan fingerprint density at radius 1 is 0.812 bits per heavy atom. The lowest BCUT2D eigenvalue weighted by molar-refractivity contribution is 0.182. The molecule has 0 fully saturated rings. The Hall–Kier alpha value is -4.21. The third kappa shape index (κ3) is 9.23. The van der Waals surface area contributed by atoms with Gasteiger partial charge in [-0.05, 0) is 77.6 Å². The van der Waals surface area contributed by atoms with Crippen molar-refractivity contribution in [1.29, 1.82) is 0 Å². The number of ether oxygens (including phenoxy) is 1. The van der Waals surface area contributed by atoms with E-state index < -0.39 is 14.4 Å². The largest absolute Gasteiger partial charge is 0.487 e. The van der Waals surface area contributed by atoms with Crippen molar-refractivity contribution in [2.75, 3.05) is 25.0 Å². The van der Waals surface area contributed by atoms with Gasteiger partial charge in [0, 0.05) is 30.2 Å². The monoisotopic (exact) mass is 663 g/mol. The minimum absolute atomic E-state index is 0.0288. The second-order valence-electron chi connectivity index (χ2n) is 13.9. The van der Waals surface area contributed by atoms with Gasteiger partial charge >= 0.3 is 0 Å². The van der Waals surface area contributed by atoms with Crippen molar-refractivity contribution < 1.29 is 14.3 Å². The number of benzene rings is 4. The fourth-order valence-electron chi connectivity index (χ4n) is 5.39. The van der Waals surface area contributed by atoms with Gasteiger partial charge in [-0.25, -0.2) is 0 Å². The van der Waals surface area contributed by atoms with Gasteiger partial charge in [0.1, 0.15) is 12.4 Å². The van der Waals surface area contributed by atoms with E-state index in [0.717, 1.165) is 40.7 Å². The van der Waals surface area contributed by atoms with Crippen molar-refractivity contribution in [3.05, 3.63) is 142 Å². The Bertz CT molecular complexity index is 1800. The molecule has 0 saturated heterocycles. The van der Waals surface area contributed by atoms with Crippen LogP contribution in [-0.4, -0.2) is 38.0 Å². The lowest BCUT2D eigenvalue weighted by atomic mass is 10.0. The molecule has 48 heavy (non-hydrogen) atoms. The molecule has 5 rings (SSSR count). The molecule has 0 saturated carbocycles. The van der Waals surface area contributed by atoms with E-state index in [4.69, 9.17) is 9.16 Å². The smallest absolute Gasteiger partial charge is 0.248 e. The Labute approximate surface area is 285 Å². The predicted octanol–water partition coefficient (Wildman–Crippen LogP) is 8.15. The number of aromatic nitrogens is 1. The SMILES string of the molecule is CC(C)(C)[Si](C)(C)O[C@@H](CNCCc1ccc(NC[C@@H](O)c2ccccc2)cc1)c1ccc(OCc2ccccc2)c2[nH]c(=O)ccc12. The quantitative estimate of drug-likeness (QED) is 0.0667. The average Bonchev–Trinajstić information content (AvgIpc) is 3.08. The predicted molar refractivity (Wildman–Crippen MR) is 199 cm³/mol. The lowest BCUT2D eigenvalue weighted by Gasteiger charge is -2.39. The zero-order valence-corrected chi connectivity index (χ0v) is 29.8. The fraction of sp³-hybridized carbons (Fsp3) is 0.325. The van der Waals surface area contributed by atoms with Crippen LogP contribution in [0.25, 0.3) is 10.9 Å². The van der Waals surface area contributed by atoms with Gasteiger partial charge in [0.05, 0.1) is 17.7 Å². The average molecular weight is 664 g/mol. The van der Waals surface area contributed by atoms with Gasteiger partial charge < -0.3 is 29.9 Å². The lowest BCUT2D eigenvalue weighted by Crippen LogP contribution is -2.43. The van der Waals surface area contributed by atoms with Crippen LogP contribution in [0.3, 0.4) is 0 Å². The molecule has 7 nitrogen and oxygen atoms in total. The zero-order valence-electron chi connectivity index (χ0n) is 28.8. The number of aliphatic hydroxyl groups excluding tert-OH is 1. The van der Waals surface area contributed by atoms with E-state index in [1.807, 2.05) is 72.8 Å². The molecule has 0 amide bonds. The molecule has 4 aromatic carbocycles. The molecule has 0 unspecified atom stereocenters. The summed E-state index contributed by atoms with van der Waals surface area (Å²) in [5.74, 6) is 0.641. The molecule has 0 aliphatic heterocycles. The van der Waals surface area contributed by atoms with E-state index in [-0.39, 0.29) is 16.7 Å². The van der Waals surface area contributed by atoms with Gasteiger partial charge in [0.15, 0.2) is 8.32 Å². The van der Waals surface area contributed by atoms with Gasteiger partial charge in [-0.2, -0.15) is 0 Å². The maximum Gasteiger partial charge on any atom is 0.248 e. The first-order chi connectivity index (χ1) is 23.0. The van der Waals surface area contributed by atoms with E-state index in [9.17, 15) is 9.90 Å². The summed E-state index contributed by atoms with van der Waals surface area (Å²) in [7, 11) is -2.16. The molecule has 0 aliphatic rings. The summed E-state index contributed by atoms with van der Waals surface area (Å²) in [6.07, 6.45) is 0.0807. The van der Waals surface area contributed by atoms with Crippen LogP contribution < -0.4 is 20.9 Å². The number of pyridine rings is 1. The summed E-state index contributed by atoms with van der Waals surface area (Å²) in [5.41, 5.74) is 5.70. The van der Waals surface area contributed by atoms with E-state index in [1.165, 1.54) is 5.56 Å². The van der Waals surface area contributed by atoms with Crippen molar-refractivity contribution >= 4 is 24.9 Å². The van der Waals surface area contributed by atoms with E-state index in [1.54, 1.807) is 6.07 Å². The number of aliphatic hydroxyl groups is 1. The standard InChI is InChI=1S/C40H49N3O4Si/c1-40(2,3)48(4,5)47-37(27-41-25-24-29-16-18-32(19-17-29)42-26-35(44)31-14-10-7-11-15-31)33-20-22-36(39-34(33)21-23-38(45)43-39)46-28-30-12-8-6-9-13-30/h6-23,35,37,41-42,44H,24-28H2,1-5H3,(H,43,45)/t35-,37+/m1/s1. The first kappa shape index (κ1) is 35.1. The summed E-state index contributed by atoms with van der Waals surface area (Å²) in [4.78, 5) is 15.5. The maximum absolute atomic E-state index is 12.5. The number of nitrogens with one attached hydrogen (secondary N) is 3. The topological polar surface area (TPSA) is 95.6 Å². The summed E-state index contributed by atoms with van der Waals surface area (Å²) in [6, 6.07) is 35.6. The van der Waals surface area contributed by atoms with Crippen LogP contribution in [-0.2, 0) is 17.5 Å². The Morgan fingerprint density at radius 3 is 2.19 bits per heavy atom. The van der Waals surface area contributed by atoms with Gasteiger partial charge in [0.25, 0.3) is 0 Å². The number of rotatable bonds is 15. The molecular formula is C40H49N3O4Si. The van der Waals surface area contributed by atoms with Crippen LogP contribution in [0.5, 0.6) is 5.75 Å². The second kappa shape index (κ2) is 15.8. The normalized spacial score (nSPS) is 13.3. The van der Waals surface area contributed by atoms with Crippen molar-refractivity contribution in [3.8, 4) is 5.75 Å². The number of hydrogen-bond donors (Lipinski definition) is 4. The second-order valence-corrected chi connectivity index (χ2v) is 18.6. The molecular weight excluding hydrogens is 615 g/mol. The molecule has 4 N–H and O–H groups in total. The van der Waals surface area contributed by atoms with Gasteiger partial charge in [0.2, 0.25) is 5.56 Å². The third-order valence-electron chi connectivity index (χ3n) is 9.28. The Morgan fingerprint density at radius 2 is 1.50 bits per heavy atom. The summed E-state index contributed by atoms with van der Waals surface area (Å²) < 4.78 is 13.3. The minimum atomic E-state index is -2.16. The molecule has 0 aliphatic carbocycles. The molecule has 2 atom stereocenters. The zero-order chi connectivity index (χ0) is 34.1. The van der Waals surface area contributed by atoms with Crippen LogP contribution in [0.2, 0.25) is 18.1 Å². The van der Waals surface area contributed by atoms with Crippen molar-refractivity contribution in [2.45, 2.75) is 64.1 Å². The molecule has 1 heterocycles. The summed E-state index contributed by atoms with van der Waals surface area (Å²) >= 11 is 0. The third-order valence-corrected chi connectivity index (χ3v) is 13.8. The first-order valence-corrected chi connectivity index (χ1v) is 19.7. The minimum Gasteiger partial charge on any atom is -0.487 e. The Kier molecular flexibility index (Phi) is 11.5.